The van der Waals surface area contributed by atoms with E-state index >= 15 is 0 Å². The molecule has 3 rings (SSSR count). The number of aliphatic hydroxyl groups excluding tert-OH is 1. The third kappa shape index (κ3) is 2.46. The molecule has 2 unspecified atom stereocenters. The van der Waals surface area contributed by atoms with Crippen molar-refractivity contribution in [1.29, 1.82) is 0 Å². The van der Waals surface area contributed by atoms with Crippen LogP contribution < -0.4 is 0 Å². The Hall–Kier alpha value is -1.38. The average Bonchev–Trinajstić information content (AvgIpc) is 2.48. The van der Waals surface area contributed by atoms with Gasteiger partial charge in [0.1, 0.15) is 0 Å². The predicted octanol–water partition coefficient (Wildman–Crippen LogP) is 4.20. The maximum atomic E-state index is 10.8. The van der Waals surface area contributed by atoms with Gasteiger partial charge in [0.2, 0.25) is 0 Å². The molecule has 0 radical (unpaired) electrons. The van der Waals surface area contributed by atoms with Crippen LogP contribution >= 0.6 is 11.6 Å². The minimum Gasteiger partial charge on any atom is -0.388 e. The van der Waals surface area contributed by atoms with E-state index in [0.29, 0.717) is 5.02 Å². The maximum Gasteiger partial charge on any atom is 0.0876 e. The highest BCUT2D eigenvalue weighted by Gasteiger charge is 2.29. The van der Waals surface area contributed by atoms with Gasteiger partial charge in [0.15, 0.2) is 0 Å². The lowest BCUT2D eigenvalue weighted by Crippen LogP contribution is -2.19. The minimum absolute atomic E-state index is 0.0668. The van der Waals surface area contributed by atoms with Gasteiger partial charge < -0.3 is 5.11 Å². The summed E-state index contributed by atoms with van der Waals surface area (Å²) in [6, 6.07) is 9.78. The van der Waals surface area contributed by atoms with E-state index in [1.807, 2.05) is 37.4 Å². The van der Waals surface area contributed by atoms with Gasteiger partial charge in [-0.15, -0.1) is 0 Å². The Balaban J connectivity index is 1.99. The molecule has 20 heavy (non-hydrogen) atoms. The first-order valence-electron chi connectivity index (χ1n) is 7.04. The number of nitrogens with zero attached hydrogens (tertiary/aromatic N) is 1. The van der Waals surface area contributed by atoms with Gasteiger partial charge in [-0.25, -0.2) is 0 Å². The number of hydrogen-bond donors (Lipinski definition) is 1. The van der Waals surface area contributed by atoms with Crippen LogP contribution in [0.5, 0.6) is 0 Å². The zero-order chi connectivity index (χ0) is 14.1. The molecule has 2 aromatic rings. The molecule has 1 aromatic carbocycles. The Kier molecular flexibility index (Phi) is 3.77. The number of aryl methyl sites for hydroxylation is 2. The molecule has 104 valence electrons. The van der Waals surface area contributed by atoms with E-state index < -0.39 is 6.10 Å². The van der Waals surface area contributed by atoms with Crippen molar-refractivity contribution in [2.45, 2.75) is 38.2 Å². The Morgan fingerprint density at radius 1 is 1.35 bits per heavy atom. The van der Waals surface area contributed by atoms with E-state index in [0.717, 1.165) is 36.1 Å². The topological polar surface area (TPSA) is 33.1 Å². The summed E-state index contributed by atoms with van der Waals surface area (Å²) in [5.41, 5.74) is 4.30. The molecule has 3 heteroatoms. The van der Waals surface area contributed by atoms with Gasteiger partial charge in [-0.1, -0.05) is 23.7 Å². The summed E-state index contributed by atoms with van der Waals surface area (Å²) >= 11 is 6.07. The van der Waals surface area contributed by atoms with Gasteiger partial charge in [0, 0.05) is 22.8 Å². The highest BCUT2D eigenvalue weighted by Crippen LogP contribution is 2.40. The van der Waals surface area contributed by atoms with Crippen molar-refractivity contribution in [2.75, 3.05) is 0 Å². The molecule has 0 bridgehead atoms. The van der Waals surface area contributed by atoms with Gasteiger partial charge in [-0.05, 0) is 61.1 Å². The van der Waals surface area contributed by atoms with Crippen LogP contribution in [0.3, 0.4) is 0 Å². The first kappa shape index (κ1) is 13.6. The van der Waals surface area contributed by atoms with E-state index in [-0.39, 0.29) is 5.92 Å². The molecular weight excluding hydrogens is 270 g/mol. The van der Waals surface area contributed by atoms with E-state index in [9.17, 15) is 5.11 Å². The Labute approximate surface area is 124 Å². The van der Waals surface area contributed by atoms with Crippen molar-refractivity contribution in [3.05, 3.63) is 63.9 Å². The largest absolute Gasteiger partial charge is 0.388 e. The van der Waals surface area contributed by atoms with Crippen LogP contribution in [0.1, 0.15) is 47.2 Å². The SMILES string of the molecule is Cc1ccc(Cl)cc1C(O)C1CCCc2cccnc21. The third-order valence-electron chi connectivity index (χ3n) is 4.18. The fourth-order valence-corrected chi connectivity index (χ4v) is 3.28. The van der Waals surface area contributed by atoms with E-state index in [2.05, 4.69) is 11.1 Å². The summed E-state index contributed by atoms with van der Waals surface area (Å²) < 4.78 is 0. The lowest BCUT2D eigenvalue weighted by atomic mass is 9.80. The molecule has 1 heterocycles. The smallest absolute Gasteiger partial charge is 0.0876 e. The van der Waals surface area contributed by atoms with Crippen LogP contribution in [0, 0.1) is 6.92 Å². The Morgan fingerprint density at radius 2 is 2.20 bits per heavy atom. The zero-order valence-corrected chi connectivity index (χ0v) is 12.3. The number of fused-ring (bicyclic) bond motifs is 1. The van der Waals surface area contributed by atoms with Crippen LogP contribution in [-0.2, 0) is 6.42 Å². The standard InChI is InChI=1S/C17H18ClNO/c1-11-7-8-13(18)10-15(11)17(20)14-6-2-4-12-5-3-9-19-16(12)14/h3,5,7-10,14,17,20H,2,4,6H2,1H3. The van der Waals surface area contributed by atoms with Gasteiger partial charge in [-0.2, -0.15) is 0 Å². The monoisotopic (exact) mass is 287 g/mol. The van der Waals surface area contributed by atoms with Crippen molar-refractivity contribution in [2.24, 2.45) is 0 Å². The Morgan fingerprint density at radius 3 is 3.05 bits per heavy atom. The molecule has 0 fully saturated rings. The molecule has 2 nitrogen and oxygen atoms in total. The summed E-state index contributed by atoms with van der Waals surface area (Å²) in [5.74, 6) is 0.0668. The van der Waals surface area contributed by atoms with Crippen LogP contribution in [0.4, 0.5) is 0 Å². The molecule has 0 amide bonds. The van der Waals surface area contributed by atoms with Crippen molar-refractivity contribution >= 4 is 11.6 Å². The molecule has 0 spiro atoms. The maximum absolute atomic E-state index is 10.8. The molecule has 0 aliphatic heterocycles. The number of rotatable bonds is 2. The lowest BCUT2D eigenvalue weighted by Gasteiger charge is -2.29. The van der Waals surface area contributed by atoms with Crippen LogP contribution in [0.25, 0.3) is 0 Å². The molecule has 1 aliphatic carbocycles. The van der Waals surface area contributed by atoms with Gasteiger partial charge in [0.25, 0.3) is 0 Å². The van der Waals surface area contributed by atoms with Crippen molar-refractivity contribution in [1.82, 2.24) is 4.98 Å². The first-order valence-corrected chi connectivity index (χ1v) is 7.42. The highest BCUT2D eigenvalue weighted by molar-refractivity contribution is 6.30. The second kappa shape index (κ2) is 5.55. The summed E-state index contributed by atoms with van der Waals surface area (Å²) in [4.78, 5) is 4.51. The zero-order valence-electron chi connectivity index (χ0n) is 11.5. The molecule has 0 saturated heterocycles. The van der Waals surface area contributed by atoms with Gasteiger partial charge >= 0.3 is 0 Å². The van der Waals surface area contributed by atoms with Gasteiger partial charge in [0.05, 0.1) is 6.10 Å². The molecule has 1 aromatic heterocycles. The predicted molar refractivity (Wildman–Crippen MR) is 81.1 cm³/mol. The third-order valence-corrected chi connectivity index (χ3v) is 4.41. The quantitative estimate of drug-likeness (QED) is 0.898. The number of aromatic nitrogens is 1. The average molecular weight is 288 g/mol. The van der Waals surface area contributed by atoms with Crippen molar-refractivity contribution < 1.29 is 5.11 Å². The second-order valence-electron chi connectivity index (χ2n) is 5.49. The molecule has 2 atom stereocenters. The molecular formula is C17H18ClNO. The number of halogens is 1. The summed E-state index contributed by atoms with van der Waals surface area (Å²) in [6.45, 7) is 2.01. The van der Waals surface area contributed by atoms with E-state index in [1.54, 1.807) is 0 Å². The number of aliphatic hydroxyl groups is 1. The first-order chi connectivity index (χ1) is 9.66. The van der Waals surface area contributed by atoms with Crippen molar-refractivity contribution in [3.63, 3.8) is 0 Å². The normalized spacial score (nSPS) is 19.4. The lowest BCUT2D eigenvalue weighted by molar-refractivity contribution is 0.133. The summed E-state index contributed by atoms with van der Waals surface area (Å²) in [5, 5.41) is 11.5. The van der Waals surface area contributed by atoms with E-state index in [4.69, 9.17) is 11.6 Å². The molecule has 1 aliphatic rings. The summed E-state index contributed by atoms with van der Waals surface area (Å²) in [7, 11) is 0. The number of pyridine rings is 1. The molecule has 1 N–H and O–H groups in total. The summed E-state index contributed by atoms with van der Waals surface area (Å²) in [6.07, 6.45) is 4.40. The van der Waals surface area contributed by atoms with E-state index in [1.165, 1.54) is 5.56 Å². The highest BCUT2D eigenvalue weighted by atomic mass is 35.5. The fraction of sp³-hybridized carbons (Fsp3) is 0.353. The van der Waals surface area contributed by atoms with Crippen molar-refractivity contribution in [3.8, 4) is 0 Å². The minimum atomic E-state index is -0.539. The van der Waals surface area contributed by atoms with Crippen LogP contribution in [0.15, 0.2) is 36.5 Å². The Bertz CT molecular complexity index is 626. The van der Waals surface area contributed by atoms with Gasteiger partial charge in [-0.3, -0.25) is 4.98 Å². The fourth-order valence-electron chi connectivity index (χ4n) is 3.10. The van der Waals surface area contributed by atoms with Crippen LogP contribution in [0.2, 0.25) is 5.02 Å². The number of hydrogen-bond acceptors (Lipinski definition) is 2. The van der Waals surface area contributed by atoms with Crippen LogP contribution in [-0.4, -0.2) is 10.1 Å². The molecule has 0 saturated carbocycles. The second-order valence-corrected chi connectivity index (χ2v) is 5.93. The number of benzene rings is 1.